The zero-order chi connectivity index (χ0) is 17.6. The van der Waals surface area contributed by atoms with Crippen molar-refractivity contribution in [3.8, 4) is 11.1 Å². The van der Waals surface area contributed by atoms with Crippen molar-refractivity contribution in [1.29, 1.82) is 0 Å². The molecule has 0 saturated heterocycles. The monoisotopic (exact) mass is 339 g/mol. The fraction of sp³-hybridized carbons (Fsp3) is 0.400. The first-order valence-electron chi connectivity index (χ1n) is 8.87. The van der Waals surface area contributed by atoms with Crippen LogP contribution in [0.1, 0.15) is 44.2 Å². The molecule has 1 unspecified atom stereocenters. The van der Waals surface area contributed by atoms with Gasteiger partial charge in [0.05, 0.1) is 12.1 Å². The van der Waals surface area contributed by atoms with Crippen LogP contribution < -0.4 is 10.6 Å². The lowest BCUT2D eigenvalue weighted by molar-refractivity contribution is 0.117. The maximum atomic E-state index is 12.2. The summed E-state index contributed by atoms with van der Waals surface area (Å²) in [7, 11) is 0. The van der Waals surface area contributed by atoms with E-state index in [1.807, 2.05) is 49.5 Å². The standard InChI is InChI=1S/C20H25N3O2/c1-14(22-20(25)23-18-8-10-19(24)11-9-18)15-4-6-16(7-5-15)17-3-2-12-21-13-17/h2-7,12-14,18-19,24H,8-11H2,1H3,(H2,22,23,25). The predicted octanol–water partition coefficient (Wildman–Crippen LogP) is 3.41. The van der Waals surface area contributed by atoms with Crippen LogP contribution in [0.4, 0.5) is 4.79 Å². The maximum Gasteiger partial charge on any atom is 0.315 e. The minimum absolute atomic E-state index is 0.0721. The Labute approximate surface area is 148 Å². The van der Waals surface area contributed by atoms with Crippen LogP contribution in [0.3, 0.4) is 0 Å². The highest BCUT2D eigenvalue weighted by Crippen LogP contribution is 2.21. The van der Waals surface area contributed by atoms with E-state index in [2.05, 4.69) is 15.6 Å². The Morgan fingerprint density at radius 3 is 2.48 bits per heavy atom. The van der Waals surface area contributed by atoms with E-state index in [4.69, 9.17) is 0 Å². The molecule has 132 valence electrons. The van der Waals surface area contributed by atoms with Gasteiger partial charge in [0.1, 0.15) is 0 Å². The number of hydrogen-bond acceptors (Lipinski definition) is 3. The maximum absolute atomic E-state index is 12.2. The van der Waals surface area contributed by atoms with E-state index >= 15 is 0 Å². The molecule has 1 fully saturated rings. The molecule has 1 aliphatic rings. The predicted molar refractivity (Wildman–Crippen MR) is 98.0 cm³/mol. The van der Waals surface area contributed by atoms with Crippen LogP contribution in [-0.4, -0.2) is 28.3 Å². The summed E-state index contributed by atoms with van der Waals surface area (Å²) in [6.07, 6.45) is 6.58. The molecule has 2 amide bonds. The summed E-state index contributed by atoms with van der Waals surface area (Å²) in [5.74, 6) is 0. The zero-order valence-corrected chi connectivity index (χ0v) is 14.5. The van der Waals surface area contributed by atoms with E-state index in [-0.39, 0.29) is 24.2 Å². The van der Waals surface area contributed by atoms with Crippen molar-refractivity contribution >= 4 is 6.03 Å². The van der Waals surface area contributed by atoms with Gasteiger partial charge in [0, 0.05) is 18.4 Å². The van der Waals surface area contributed by atoms with Crippen molar-refractivity contribution in [2.45, 2.75) is 50.8 Å². The molecule has 1 saturated carbocycles. The second-order valence-corrected chi connectivity index (χ2v) is 6.71. The molecule has 0 bridgehead atoms. The van der Waals surface area contributed by atoms with Crippen LogP contribution >= 0.6 is 0 Å². The summed E-state index contributed by atoms with van der Waals surface area (Å²) in [5, 5.41) is 15.5. The van der Waals surface area contributed by atoms with Crippen LogP contribution in [0.2, 0.25) is 0 Å². The van der Waals surface area contributed by atoms with Gasteiger partial charge >= 0.3 is 6.03 Å². The largest absolute Gasteiger partial charge is 0.393 e. The van der Waals surface area contributed by atoms with E-state index in [9.17, 15) is 9.90 Å². The summed E-state index contributed by atoms with van der Waals surface area (Å²) in [4.78, 5) is 16.3. The minimum Gasteiger partial charge on any atom is -0.393 e. The molecule has 5 heteroatoms. The van der Waals surface area contributed by atoms with Gasteiger partial charge in [0.15, 0.2) is 0 Å². The van der Waals surface area contributed by atoms with E-state index in [1.54, 1.807) is 6.20 Å². The van der Waals surface area contributed by atoms with Gasteiger partial charge in [-0.2, -0.15) is 0 Å². The number of pyridine rings is 1. The molecule has 1 atom stereocenters. The third-order valence-corrected chi connectivity index (χ3v) is 4.79. The second-order valence-electron chi connectivity index (χ2n) is 6.71. The van der Waals surface area contributed by atoms with Crippen molar-refractivity contribution < 1.29 is 9.90 Å². The first-order chi connectivity index (χ1) is 12.1. The van der Waals surface area contributed by atoms with Crippen molar-refractivity contribution in [2.24, 2.45) is 0 Å². The molecule has 1 aliphatic carbocycles. The average molecular weight is 339 g/mol. The molecular formula is C20H25N3O2. The van der Waals surface area contributed by atoms with Gasteiger partial charge in [-0.15, -0.1) is 0 Å². The number of urea groups is 1. The molecule has 2 aromatic rings. The number of carbonyl (C=O) groups is 1. The minimum atomic E-state index is -0.210. The fourth-order valence-corrected chi connectivity index (χ4v) is 3.22. The number of benzene rings is 1. The van der Waals surface area contributed by atoms with Crippen LogP contribution in [-0.2, 0) is 0 Å². The quantitative estimate of drug-likeness (QED) is 0.799. The first-order valence-corrected chi connectivity index (χ1v) is 8.87. The summed E-state index contributed by atoms with van der Waals surface area (Å²) >= 11 is 0. The lowest BCUT2D eigenvalue weighted by atomic mass is 9.93. The zero-order valence-electron chi connectivity index (χ0n) is 14.5. The average Bonchev–Trinajstić information content (AvgIpc) is 2.64. The van der Waals surface area contributed by atoms with Crippen molar-refractivity contribution in [3.05, 3.63) is 54.4 Å². The Morgan fingerprint density at radius 2 is 1.84 bits per heavy atom. The third-order valence-electron chi connectivity index (χ3n) is 4.79. The number of amides is 2. The van der Waals surface area contributed by atoms with Crippen LogP contribution in [0, 0.1) is 0 Å². The van der Waals surface area contributed by atoms with Gasteiger partial charge in [0.2, 0.25) is 0 Å². The highest BCUT2D eigenvalue weighted by molar-refractivity contribution is 5.74. The molecule has 3 rings (SSSR count). The number of aliphatic hydroxyl groups is 1. The molecule has 5 nitrogen and oxygen atoms in total. The molecule has 25 heavy (non-hydrogen) atoms. The van der Waals surface area contributed by atoms with Gasteiger partial charge < -0.3 is 15.7 Å². The van der Waals surface area contributed by atoms with E-state index in [0.717, 1.165) is 42.4 Å². The van der Waals surface area contributed by atoms with Crippen LogP contribution in [0.15, 0.2) is 48.8 Å². The molecule has 0 radical (unpaired) electrons. The Morgan fingerprint density at radius 1 is 1.12 bits per heavy atom. The van der Waals surface area contributed by atoms with Gasteiger partial charge in [-0.25, -0.2) is 4.79 Å². The summed E-state index contributed by atoms with van der Waals surface area (Å²) in [6, 6.07) is 12.0. The number of nitrogens with zero attached hydrogens (tertiary/aromatic N) is 1. The van der Waals surface area contributed by atoms with E-state index in [1.165, 1.54) is 0 Å². The normalized spacial score (nSPS) is 21.4. The lowest BCUT2D eigenvalue weighted by Crippen LogP contribution is -2.44. The van der Waals surface area contributed by atoms with Gasteiger partial charge in [0.25, 0.3) is 0 Å². The number of carbonyl (C=O) groups excluding carboxylic acids is 1. The Kier molecular flexibility index (Phi) is 5.66. The summed E-state index contributed by atoms with van der Waals surface area (Å²) in [5.41, 5.74) is 3.24. The third kappa shape index (κ3) is 4.79. The molecule has 0 aliphatic heterocycles. The fourth-order valence-electron chi connectivity index (χ4n) is 3.22. The smallest absolute Gasteiger partial charge is 0.315 e. The van der Waals surface area contributed by atoms with Crippen LogP contribution in [0.25, 0.3) is 11.1 Å². The molecule has 1 aromatic carbocycles. The second kappa shape index (κ2) is 8.12. The van der Waals surface area contributed by atoms with Gasteiger partial charge in [-0.1, -0.05) is 30.3 Å². The Hall–Kier alpha value is -2.40. The molecule has 3 N–H and O–H groups in total. The molecule has 1 aromatic heterocycles. The number of hydrogen-bond donors (Lipinski definition) is 3. The molecule has 1 heterocycles. The van der Waals surface area contributed by atoms with Crippen molar-refractivity contribution in [1.82, 2.24) is 15.6 Å². The summed E-state index contributed by atoms with van der Waals surface area (Å²) < 4.78 is 0. The number of nitrogens with one attached hydrogen (secondary N) is 2. The SMILES string of the molecule is CC(NC(=O)NC1CCC(O)CC1)c1ccc(-c2cccnc2)cc1. The van der Waals surface area contributed by atoms with Crippen LogP contribution in [0.5, 0.6) is 0 Å². The number of aromatic nitrogens is 1. The highest BCUT2D eigenvalue weighted by atomic mass is 16.3. The summed E-state index contributed by atoms with van der Waals surface area (Å²) in [6.45, 7) is 1.98. The van der Waals surface area contributed by atoms with E-state index < -0.39 is 0 Å². The Bertz CT molecular complexity index is 680. The van der Waals surface area contributed by atoms with Gasteiger partial charge in [-0.3, -0.25) is 4.98 Å². The molecular weight excluding hydrogens is 314 g/mol. The van der Waals surface area contributed by atoms with E-state index in [0.29, 0.717) is 0 Å². The molecule has 0 spiro atoms. The topological polar surface area (TPSA) is 74.2 Å². The first kappa shape index (κ1) is 17.4. The Balaban J connectivity index is 1.54. The number of aliphatic hydroxyl groups excluding tert-OH is 1. The van der Waals surface area contributed by atoms with Crippen molar-refractivity contribution in [3.63, 3.8) is 0 Å². The lowest BCUT2D eigenvalue weighted by Gasteiger charge is -2.27. The van der Waals surface area contributed by atoms with Crippen molar-refractivity contribution in [2.75, 3.05) is 0 Å². The highest BCUT2D eigenvalue weighted by Gasteiger charge is 2.21. The number of rotatable bonds is 4. The van der Waals surface area contributed by atoms with Gasteiger partial charge in [-0.05, 0) is 55.4 Å².